The van der Waals surface area contributed by atoms with Gasteiger partial charge in [-0.3, -0.25) is 4.98 Å². The largest absolute Gasteiger partial charge is 0.392 e. The first-order valence-electron chi connectivity index (χ1n) is 3.67. The van der Waals surface area contributed by atoms with Crippen LogP contribution >= 0.6 is 12.2 Å². The summed E-state index contributed by atoms with van der Waals surface area (Å²) in [5.74, 6) is 0. The van der Waals surface area contributed by atoms with Gasteiger partial charge in [0, 0.05) is 25.5 Å². The van der Waals surface area contributed by atoms with E-state index >= 15 is 0 Å². The van der Waals surface area contributed by atoms with Crippen molar-refractivity contribution < 1.29 is 0 Å². The molecule has 1 aromatic rings. The van der Waals surface area contributed by atoms with Gasteiger partial charge in [0.05, 0.1) is 4.99 Å². The van der Waals surface area contributed by atoms with E-state index in [-0.39, 0.29) is 0 Å². The van der Waals surface area contributed by atoms with E-state index in [1.807, 2.05) is 12.1 Å². The highest BCUT2D eigenvalue weighted by Gasteiger charge is 1.91. The second-order valence-electron chi connectivity index (χ2n) is 2.43. The summed E-state index contributed by atoms with van der Waals surface area (Å²) < 4.78 is 0. The number of thiocarbonyl (C=S) groups is 1. The normalized spacial score (nSPS) is 9.67. The number of hydrogen-bond donors (Lipinski definition) is 2. The Bertz CT molecular complexity index is 248. The van der Waals surface area contributed by atoms with Crippen LogP contribution in [-0.2, 0) is 6.54 Å². The minimum absolute atomic E-state index is 0.490. The van der Waals surface area contributed by atoms with E-state index in [2.05, 4.69) is 10.3 Å². The van der Waals surface area contributed by atoms with Crippen LogP contribution in [0.25, 0.3) is 0 Å². The van der Waals surface area contributed by atoms with Gasteiger partial charge in [0.15, 0.2) is 0 Å². The Morgan fingerprint density at radius 3 is 2.75 bits per heavy atom. The molecular weight excluding hydrogens is 170 g/mol. The molecule has 0 bridgehead atoms. The number of nitrogens with one attached hydrogen (secondary N) is 1. The fourth-order valence-electron chi connectivity index (χ4n) is 0.831. The van der Waals surface area contributed by atoms with Crippen molar-refractivity contribution in [3.8, 4) is 0 Å². The lowest BCUT2D eigenvalue weighted by molar-refractivity contribution is 0.776. The summed E-state index contributed by atoms with van der Waals surface area (Å²) >= 11 is 4.71. The van der Waals surface area contributed by atoms with Crippen molar-refractivity contribution in [3.63, 3.8) is 0 Å². The molecule has 1 aromatic heterocycles. The highest BCUT2D eigenvalue weighted by molar-refractivity contribution is 7.80. The fourth-order valence-corrected chi connectivity index (χ4v) is 0.933. The van der Waals surface area contributed by atoms with Crippen molar-refractivity contribution in [1.29, 1.82) is 0 Å². The second kappa shape index (κ2) is 4.79. The molecule has 0 aliphatic heterocycles. The maximum atomic E-state index is 5.31. The fraction of sp³-hybridized carbons (Fsp3) is 0.250. The molecule has 3 nitrogen and oxygen atoms in total. The van der Waals surface area contributed by atoms with Gasteiger partial charge >= 0.3 is 0 Å². The molecular formula is C8H11N3S. The monoisotopic (exact) mass is 181 g/mol. The van der Waals surface area contributed by atoms with Crippen molar-refractivity contribution in [2.45, 2.75) is 6.54 Å². The molecule has 0 fully saturated rings. The number of pyridine rings is 1. The molecule has 0 saturated carbocycles. The van der Waals surface area contributed by atoms with Gasteiger partial charge in [0.1, 0.15) is 0 Å². The van der Waals surface area contributed by atoms with Gasteiger partial charge < -0.3 is 11.1 Å². The van der Waals surface area contributed by atoms with Gasteiger partial charge in [0.25, 0.3) is 0 Å². The van der Waals surface area contributed by atoms with Gasteiger partial charge in [-0.2, -0.15) is 0 Å². The molecule has 3 N–H and O–H groups in total. The topological polar surface area (TPSA) is 50.9 Å². The number of nitrogens with two attached hydrogens (primary N) is 1. The van der Waals surface area contributed by atoms with Crippen LogP contribution in [0.4, 0.5) is 0 Å². The first-order chi connectivity index (χ1) is 5.79. The Labute approximate surface area is 77.0 Å². The van der Waals surface area contributed by atoms with Crippen LogP contribution in [0.3, 0.4) is 0 Å². The van der Waals surface area contributed by atoms with Crippen LogP contribution in [0.15, 0.2) is 24.5 Å². The minimum atomic E-state index is 0.490. The quantitative estimate of drug-likeness (QED) is 0.662. The van der Waals surface area contributed by atoms with E-state index in [9.17, 15) is 0 Å². The van der Waals surface area contributed by atoms with E-state index in [1.54, 1.807) is 12.4 Å². The van der Waals surface area contributed by atoms with Crippen molar-refractivity contribution in [2.75, 3.05) is 6.54 Å². The van der Waals surface area contributed by atoms with Crippen LogP contribution in [0.5, 0.6) is 0 Å². The molecule has 0 aliphatic carbocycles. The Kier molecular flexibility index (Phi) is 3.63. The number of hydrogen-bond acceptors (Lipinski definition) is 3. The van der Waals surface area contributed by atoms with Crippen LogP contribution in [0.2, 0.25) is 0 Å². The van der Waals surface area contributed by atoms with E-state index in [0.29, 0.717) is 11.5 Å². The van der Waals surface area contributed by atoms with Gasteiger partial charge in [-0.1, -0.05) is 12.2 Å². The molecule has 64 valence electrons. The highest BCUT2D eigenvalue weighted by atomic mass is 32.1. The summed E-state index contributed by atoms with van der Waals surface area (Å²) in [6, 6.07) is 3.90. The van der Waals surface area contributed by atoms with Gasteiger partial charge in [0.2, 0.25) is 0 Å². The standard InChI is InChI=1S/C8H11N3S/c9-8(12)6-11-5-7-1-3-10-4-2-7/h1-4,11H,5-6H2,(H2,9,12). The van der Waals surface area contributed by atoms with Crippen molar-refractivity contribution >= 4 is 17.2 Å². The molecule has 0 radical (unpaired) electrons. The zero-order chi connectivity index (χ0) is 8.81. The van der Waals surface area contributed by atoms with Crippen LogP contribution in [0.1, 0.15) is 5.56 Å². The minimum Gasteiger partial charge on any atom is -0.392 e. The third kappa shape index (κ3) is 3.41. The Morgan fingerprint density at radius 1 is 1.50 bits per heavy atom. The average Bonchev–Trinajstić information content (AvgIpc) is 2.05. The third-order valence-corrected chi connectivity index (χ3v) is 1.52. The summed E-state index contributed by atoms with van der Waals surface area (Å²) in [5.41, 5.74) is 6.49. The summed E-state index contributed by atoms with van der Waals surface area (Å²) in [6.07, 6.45) is 3.52. The lowest BCUT2D eigenvalue weighted by atomic mass is 10.3. The molecule has 0 atom stereocenters. The molecule has 0 saturated heterocycles. The molecule has 0 spiro atoms. The lowest BCUT2D eigenvalue weighted by Crippen LogP contribution is -2.26. The number of aromatic nitrogens is 1. The molecule has 1 rings (SSSR count). The number of nitrogens with zero attached hydrogens (tertiary/aromatic N) is 1. The van der Waals surface area contributed by atoms with Crippen LogP contribution in [0, 0.1) is 0 Å². The summed E-state index contributed by atoms with van der Waals surface area (Å²) in [4.78, 5) is 4.40. The van der Waals surface area contributed by atoms with E-state index in [1.165, 1.54) is 5.56 Å². The Hall–Kier alpha value is -1.00. The molecule has 0 aromatic carbocycles. The lowest BCUT2D eigenvalue weighted by Gasteiger charge is -2.01. The van der Waals surface area contributed by atoms with E-state index in [0.717, 1.165) is 6.54 Å². The van der Waals surface area contributed by atoms with Gasteiger partial charge in [-0.05, 0) is 17.7 Å². The molecule has 1 heterocycles. The first kappa shape index (κ1) is 9.09. The van der Waals surface area contributed by atoms with E-state index in [4.69, 9.17) is 18.0 Å². The Morgan fingerprint density at radius 2 is 2.17 bits per heavy atom. The SMILES string of the molecule is NC(=S)CNCc1ccncc1. The first-order valence-corrected chi connectivity index (χ1v) is 4.08. The van der Waals surface area contributed by atoms with Gasteiger partial charge in [-0.15, -0.1) is 0 Å². The van der Waals surface area contributed by atoms with Crippen molar-refractivity contribution in [3.05, 3.63) is 30.1 Å². The van der Waals surface area contributed by atoms with Crippen molar-refractivity contribution in [1.82, 2.24) is 10.3 Å². The second-order valence-corrected chi connectivity index (χ2v) is 2.95. The maximum absolute atomic E-state index is 5.31. The number of rotatable bonds is 4. The average molecular weight is 181 g/mol. The van der Waals surface area contributed by atoms with E-state index < -0.39 is 0 Å². The zero-order valence-corrected chi connectivity index (χ0v) is 7.47. The molecule has 0 aliphatic rings. The van der Waals surface area contributed by atoms with Crippen molar-refractivity contribution in [2.24, 2.45) is 5.73 Å². The summed E-state index contributed by atoms with van der Waals surface area (Å²) in [5, 5.41) is 3.11. The maximum Gasteiger partial charge on any atom is 0.0867 e. The zero-order valence-electron chi connectivity index (χ0n) is 6.66. The van der Waals surface area contributed by atoms with Gasteiger partial charge in [-0.25, -0.2) is 0 Å². The summed E-state index contributed by atoms with van der Waals surface area (Å²) in [7, 11) is 0. The molecule has 0 unspecified atom stereocenters. The smallest absolute Gasteiger partial charge is 0.0867 e. The molecule has 12 heavy (non-hydrogen) atoms. The summed E-state index contributed by atoms with van der Waals surface area (Å²) in [6.45, 7) is 1.36. The van der Waals surface area contributed by atoms with Crippen LogP contribution in [-0.4, -0.2) is 16.5 Å². The Balaban J connectivity index is 2.29. The van der Waals surface area contributed by atoms with Crippen LogP contribution < -0.4 is 11.1 Å². The molecule has 0 amide bonds. The highest BCUT2D eigenvalue weighted by Crippen LogP contribution is 1.93. The predicted octanol–water partition coefficient (Wildman–Crippen LogP) is 0.457. The molecule has 4 heteroatoms. The third-order valence-electron chi connectivity index (χ3n) is 1.38. The predicted molar refractivity (Wildman–Crippen MR) is 52.7 cm³/mol.